The summed E-state index contributed by atoms with van der Waals surface area (Å²) in [5, 5.41) is 12.9. The van der Waals surface area contributed by atoms with Crippen LogP contribution in [0.15, 0.2) is 0 Å². The lowest BCUT2D eigenvalue weighted by Gasteiger charge is -2.36. The quantitative estimate of drug-likeness (QED) is 0.753. The Morgan fingerprint density at radius 3 is 2.31 bits per heavy atom. The van der Waals surface area contributed by atoms with Crippen molar-refractivity contribution in [1.82, 2.24) is 5.32 Å². The second-order valence-electron chi connectivity index (χ2n) is 6.27. The molecule has 2 saturated carbocycles. The van der Waals surface area contributed by atoms with E-state index >= 15 is 0 Å². The SMILES string of the molecule is CC1CCCC(C)C1NCC1(CCO)CC1. The number of aliphatic hydroxyl groups is 1. The number of hydrogen-bond donors (Lipinski definition) is 2. The average Bonchev–Trinajstić information content (AvgIpc) is 2.98. The fourth-order valence-electron chi connectivity index (χ4n) is 3.35. The maximum Gasteiger partial charge on any atom is 0.0436 e. The summed E-state index contributed by atoms with van der Waals surface area (Å²) in [7, 11) is 0. The summed E-state index contributed by atoms with van der Waals surface area (Å²) in [5.41, 5.74) is 0.464. The molecule has 2 N–H and O–H groups in total. The van der Waals surface area contributed by atoms with Gasteiger partial charge in [0, 0.05) is 19.2 Å². The van der Waals surface area contributed by atoms with Crippen molar-refractivity contribution < 1.29 is 5.11 Å². The number of rotatable bonds is 5. The van der Waals surface area contributed by atoms with Crippen LogP contribution in [-0.4, -0.2) is 24.3 Å². The summed E-state index contributed by atoms with van der Waals surface area (Å²) in [6, 6.07) is 0.713. The van der Waals surface area contributed by atoms with Crippen molar-refractivity contribution in [2.24, 2.45) is 17.3 Å². The maximum absolute atomic E-state index is 9.06. The molecule has 2 aliphatic carbocycles. The van der Waals surface area contributed by atoms with E-state index in [0.717, 1.165) is 24.8 Å². The summed E-state index contributed by atoms with van der Waals surface area (Å²) < 4.78 is 0. The summed E-state index contributed by atoms with van der Waals surface area (Å²) in [4.78, 5) is 0. The van der Waals surface area contributed by atoms with Crippen LogP contribution in [0.5, 0.6) is 0 Å². The summed E-state index contributed by atoms with van der Waals surface area (Å²) in [5.74, 6) is 1.65. The molecule has 0 aromatic heterocycles. The first-order chi connectivity index (χ1) is 7.67. The van der Waals surface area contributed by atoms with Crippen LogP contribution in [0.25, 0.3) is 0 Å². The minimum atomic E-state index is 0.359. The lowest BCUT2D eigenvalue weighted by Crippen LogP contribution is -2.45. The molecule has 2 fully saturated rings. The molecule has 2 unspecified atom stereocenters. The van der Waals surface area contributed by atoms with Gasteiger partial charge in [0.2, 0.25) is 0 Å². The predicted octanol–water partition coefficient (Wildman–Crippen LogP) is 2.56. The van der Waals surface area contributed by atoms with E-state index in [9.17, 15) is 0 Å². The van der Waals surface area contributed by atoms with Gasteiger partial charge in [-0.3, -0.25) is 0 Å². The first-order valence-electron chi connectivity index (χ1n) is 7.01. The molecule has 0 aliphatic heterocycles. The van der Waals surface area contributed by atoms with E-state index in [1.54, 1.807) is 0 Å². The molecule has 2 nitrogen and oxygen atoms in total. The third-order valence-corrected chi connectivity index (χ3v) is 4.86. The first kappa shape index (κ1) is 12.4. The Morgan fingerprint density at radius 2 is 1.81 bits per heavy atom. The molecule has 0 saturated heterocycles. The van der Waals surface area contributed by atoms with Crippen molar-refractivity contribution in [1.29, 1.82) is 0 Å². The van der Waals surface area contributed by atoms with E-state index in [1.807, 2.05) is 0 Å². The lowest BCUT2D eigenvalue weighted by molar-refractivity contribution is 0.187. The highest BCUT2D eigenvalue weighted by atomic mass is 16.3. The van der Waals surface area contributed by atoms with Crippen molar-refractivity contribution in [3.8, 4) is 0 Å². The standard InChI is InChI=1S/C14H27NO/c1-11-4-3-5-12(2)13(11)15-10-14(6-7-14)8-9-16/h11-13,15-16H,3-10H2,1-2H3. The van der Waals surface area contributed by atoms with Gasteiger partial charge in [0.15, 0.2) is 0 Å². The summed E-state index contributed by atoms with van der Waals surface area (Å²) >= 11 is 0. The van der Waals surface area contributed by atoms with Crippen molar-refractivity contribution in [2.75, 3.05) is 13.2 Å². The Morgan fingerprint density at radius 1 is 1.19 bits per heavy atom. The van der Waals surface area contributed by atoms with Gasteiger partial charge in [-0.15, -0.1) is 0 Å². The van der Waals surface area contributed by atoms with Crippen LogP contribution in [0.3, 0.4) is 0 Å². The van der Waals surface area contributed by atoms with Crippen LogP contribution >= 0.6 is 0 Å². The van der Waals surface area contributed by atoms with E-state index in [2.05, 4.69) is 19.2 Å². The Bertz CT molecular complexity index is 215. The monoisotopic (exact) mass is 225 g/mol. The fraction of sp³-hybridized carbons (Fsp3) is 1.00. The zero-order valence-corrected chi connectivity index (χ0v) is 10.8. The number of hydrogen-bond acceptors (Lipinski definition) is 2. The van der Waals surface area contributed by atoms with Crippen LogP contribution in [-0.2, 0) is 0 Å². The molecule has 0 aromatic rings. The van der Waals surface area contributed by atoms with Gasteiger partial charge in [-0.1, -0.05) is 20.3 Å². The van der Waals surface area contributed by atoms with Gasteiger partial charge in [0.25, 0.3) is 0 Å². The van der Waals surface area contributed by atoms with Crippen LogP contribution in [0.1, 0.15) is 52.4 Å². The van der Waals surface area contributed by atoms with Crippen molar-refractivity contribution >= 4 is 0 Å². The van der Waals surface area contributed by atoms with Gasteiger partial charge in [-0.25, -0.2) is 0 Å². The van der Waals surface area contributed by atoms with Gasteiger partial charge in [0.1, 0.15) is 0 Å². The number of nitrogens with one attached hydrogen (secondary N) is 1. The molecule has 0 aromatic carbocycles. The van der Waals surface area contributed by atoms with Crippen LogP contribution < -0.4 is 5.32 Å². The average molecular weight is 225 g/mol. The zero-order chi connectivity index (χ0) is 11.6. The molecule has 0 bridgehead atoms. The lowest BCUT2D eigenvalue weighted by atomic mass is 9.78. The summed E-state index contributed by atoms with van der Waals surface area (Å²) in [6.45, 7) is 6.27. The topological polar surface area (TPSA) is 32.3 Å². The van der Waals surface area contributed by atoms with E-state index in [0.29, 0.717) is 18.1 Å². The second kappa shape index (κ2) is 5.05. The van der Waals surface area contributed by atoms with E-state index in [1.165, 1.54) is 32.1 Å². The zero-order valence-electron chi connectivity index (χ0n) is 10.8. The van der Waals surface area contributed by atoms with Crippen molar-refractivity contribution in [2.45, 2.75) is 58.4 Å². The third-order valence-electron chi connectivity index (χ3n) is 4.86. The third kappa shape index (κ3) is 2.78. The normalized spacial score (nSPS) is 37.3. The fourth-order valence-corrected chi connectivity index (χ4v) is 3.35. The van der Waals surface area contributed by atoms with Crippen molar-refractivity contribution in [3.05, 3.63) is 0 Å². The molecular weight excluding hydrogens is 198 g/mol. The molecule has 16 heavy (non-hydrogen) atoms. The van der Waals surface area contributed by atoms with Gasteiger partial charge in [0.05, 0.1) is 0 Å². The molecule has 2 atom stereocenters. The highest BCUT2D eigenvalue weighted by Crippen LogP contribution is 2.48. The Labute approximate surface area is 99.8 Å². The van der Waals surface area contributed by atoms with Crippen LogP contribution in [0.2, 0.25) is 0 Å². The Hall–Kier alpha value is -0.0800. The van der Waals surface area contributed by atoms with E-state index in [-0.39, 0.29) is 0 Å². The predicted molar refractivity (Wildman–Crippen MR) is 67.3 cm³/mol. The Kier molecular flexibility index (Phi) is 3.91. The molecule has 0 heterocycles. The maximum atomic E-state index is 9.06. The Balaban J connectivity index is 1.79. The first-order valence-corrected chi connectivity index (χ1v) is 7.01. The van der Waals surface area contributed by atoms with E-state index < -0.39 is 0 Å². The molecule has 2 rings (SSSR count). The summed E-state index contributed by atoms with van der Waals surface area (Å²) in [6.07, 6.45) is 7.80. The molecule has 2 heteroatoms. The van der Waals surface area contributed by atoms with Gasteiger partial charge in [-0.2, -0.15) is 0 Å². The van der Waals surface area contributed by atoms with Crippen molar-refractivity contribution in [3.63, 3.8) is 0 Å². The van der Waals surface area contributed by atoms with Gasteiger partial charge in [-0.05, 0) is 49.4 Å². The second-order valence-corrected chi connectivity index (χ2v) is 6.27. The van der Waals surface area contributed by atoms with Gasteiger partial charge >= 0.3 is 0 Å². The van der Waals surface area contributed by atoms with Gasteiger partial charge < -0.3 is 10.4 Å². The minimum Gasteiger partial charge on any atom is -0.396 e. The molecular formula is C14H27NO. The van der Waals surface area contributed by atoms with Crippen LogP contribution in [0.4, 0.5) is 0 Å². The highest BCUT2D eigenvalue weighted by Gasteiger charge is 2.42. The largest absolute Gasteiger partial charge is 0.396 e. The molecule has 0 spiro atoms. The van der Waals surface area contributed by atoms with Crippen LogP contribution in [0, 0.1) is 17.3 Å². The molecule has 94 valence electrons. The number of aliphatic hydroxyl groups excluding tert-OH is 1. The minimum absolute atomic E-state index is 0.359. The molecule has 0 amide bonds. The smallest absolute Gasteiger partial charge is 0.0436 e. The highest BCUT2D eigenvalue weighted by molar-refractivity contribution is 4.96. The van der Waals surface area contributed by atoms with E-state index in [4.69, 9.17) is 5.11 Å². The molecule has 2 aliphatic rings. The molecule has 0 radical (unpaired) electrons.